The molecular formula is C31H22O. The summed E-state index contributed by atoms with van der Waals surface area (Å²) in [4.78, 5) is 0. The third kappa shape index (κ3) is 3.29. The van der Waals surface area contributed by atoms with Gasteiger partial charge >= 0.3 is 0 Å². The van der Waals surface area contributed by atoms with Crippen LogP contribution in [-0.4, -0.2) is 0 Å². The van der Waals surface area contributed by atoms with E-state index in [0.717, 1.165) is 21.9 Å². The Morgan fingerprint density at radius 2 is 0.969 bits per heavy atom. The highest BCUT2D eigenvalue weighted by Crippen LogP contribution is 2.34. The van der Waals surface area contributed by atoms with Crippen molar-refractivity contribution in [1.82, 2.24) is 0 Å². The molecule has 0 saturated heterocycles. The van der Waals surface area contributed by atoms with Crippen molar-refractivity contribution in [1.29, 1.82) is 0 Å². The van der Waals surface area contributed by atoms with Gasteiger partial charge in [-0.1, -0.05) is 91.0 Å². The van der Waals surface area contributed by atoms with Crippen LogP contribution >= 0.6 is 0 Å². The Balaban J connectivity index is 1.38. The summed E-state index contributed by atoms with van der Waals surface area (Å²) in [7, 11) is 0. The molecule has 6 rings (SSSR count). The minimum Gasteiger partial charge on any atom is -0.456 e. The van der Waals surface area contributed by atoms with E-state index in [1.54, 1.807) is 0 Å². The summed E-state index contributed by atoms with van der Waals surface area (Å²) in [5.41, 5.74) is 10.5. The lowest BCUT2D eigenvalue weighted by molar-refractivity contribution is 0.669. The van der Waals surface area contributed by atoms with Crippen LogP contribution in [-0.2, 0) is 0 Å². The van der Waals surface area contributed by atoms with Gasteiger partial charge in [-0.2, -0.15) is 0 Å². The molecule has 0 radical (unpaired) electrons. The molecule has 0 bridgehead atoms. The van der Waals surface area contributed by atoms with Crippen molar-refractivity contribution in [2.45, 2.75) is 6.92 Å². The van der Waals surface area contributed by atoms with Gasteiger partial charge in [0.25, 0.3) is 0 Å². The Bertz CT molecular complexity index is 1550. The second kappa shape index (κ2) is 7.55. The quantitative estimate of drug-likeness (QED) is 0.284. The monoisotopic (exact) mass is 410 g/mol. The molecule has 0 aliphatic heterocycles. The molecule has 0 N–H and O–H groups in total. The number of furan rings is 1. The first-order chi connectivity index (χ1) is 15.7. The van der Waals surface area contributed by atoms with Crippen LogP contribution in [0.25, 0.3) is 55.3 Å². The summed E-state index contributed by atoms with van der Waals surface area (Å²) >= 11 is 0. The van der Waals surface area contributed by atoms with Crippen LogP contribution in [0, 0.1) is 6.92 Å². The van der Waals surface area contributed by atoms with Crippen molar-refractivity contribution in [2.75, 3.05) is 0 Å². The van der Waals surface area contributed by atoms with Gasteiger partial charge in [0, 0.05) is 10.8 Å². The van der Waals surface area contributed by atoms with E-state index in [2.05, 4.69) is 110 Å². The molecule has 6 aromatic rings. The van der Waals surface area contributed by atoms with Crippen LogP contribution in [0.2, 0.25) is 0 Å². The molecule has 1 heterocycles. The van der Waals surface area contributed by atoms with Crippen molar-refractivity contribution in [2.24, 2.45) is 0 Å². The van der Waals surface area contributed by atoms with E-state index in [1.807, 2.05) is 12.1 Å². The summed E-state index contributed by atoms with van der Waals surface area (Å²) in [6.07, 6.45) is 0. The second-order valence-electron chi connectivity index (χ2n) is 8.34. The van der Waals surface area contributed by atoms with E-state index in [4.69, 9.17) is 4.42 Å². The van der Waals surface area contributed by atoms with E-state index >= 15 is 0 Å². The Morgan fingerprint density at radius 1 is 0.406 bits per heavy atom. The smallest absolute Gasteiger partial charge is 0.135 e. The second-order valence-corrected chi connectivity index (χ2v) is 8.34. The maximum absolute atomic E-state index is 5.98. The molecule has 0 fully saturated rings. The third-order valence-electron chi connectivity index (χ3n) is 6.11. The Labute approximate surface area is 187 Å². The molecular weight excluding hydrogens is 388 g/mol. The van der Waals surface area contributed by atoms with Gasteiger partial charge in [-0.05, 0) is 70.1 Å². The highest BCUT2D eigenvalue weighted by Gasteiger charge is 2.09. The maximum Gasteiger partial charge on any atom is 0.135 e. The van der Waals surface area contributed by atoms with Gasteiger partial charge in [-0.15, -0.1) is 0 Å². The van der Waals surface area contributed by atoms with E-state index in [1.165, 1.54) is 38.9 Å². The first-order valence-corrected chi connectivity index (χ1v) is 10.9. The number of fused-ring (bicyclic) bond motifs is 3. The van der Waals surface area contributed by atoms with Gasteiger partial charge in [-0.25, -0.2) is 0 Å². The summed E-state index contributed by atoms with van der Waals surface area (Å²) in [5, 5.41) is 2.32. The summed E-state index contributed by atoms with van der Waals surface area (Å²) in [6.45, 7) is 2.16. The van der Waals surface area contributed by atoms with Crippen LogP contribution in [0.4, 0.5) is 0 Å². The van der Waals surface area contributed by atoms with Crippen molar-refractivity contribution in [3.05, 3.63) is 121 Å². The van der Waals surface area contributed by atoms with E-state index in [-0.39, 0.29) is 0 Å². The first-order valence-electron chi connectivity index (χ1n) is 10.9. The molecule has 0 amide bonds. The Kier molecular flexibility index (Phi) is 4.40. The number of rotatable bonds is 3. The fourth-order valence-electron chi connectivity index (χ4n) is 4.51. The number of para-hydroxylation sites is 1. The lowest BCUT2D eigenvalue weighted by Gasteiger charge is -2.10. The Hall–Kier alpha value is -4.10. The molecule has 5 aromatic carbocycles. The van der Waals surface area contributed by atoms with Gasteiger partial charge in [0.2, 0.25) is 0 Å². The normalized spacial score (nSPS) is 11.3. The lowest BCUT2D eigenvalue weighted by Crippen LogP contribution is -1.85. The molecule has 1 heteroatoms. The molecule has 1 nitrogen and oxygen atoms in total. The molecule has 0 saturated carbocycles. The number of hydrogen-bond donors (Lipinski definition) is 0. The fraction of sp³-hybridized carbons (Fsp3) is 0.0323. The van der Waals surface area contributed by atoms with Crippen LogP contribution in [0.5, 0.6) is 0 Å². The van der Waals surface area contributed by atoms with Crippen molar-refractivity contribution >= 4 is 21.9 Å². The molecule has 0 spiro atoms. The number of aryl methyl sites for hydroxylation is 1. The third-order valence-corrected chi connectivity index (χ3v) is 6.11. The molecule has 0 atom stereocenters. The molecule has 0 aliphatic carbocycles. The minimum atomic E-state index is 0.930. The van der Waals surface area contributed by atoms with Gasteiger partial charge in [0.1, 0.15) is 11.2 Å². The largest absolute Gasteiger partial charge is 0.456 e. The fourth-order valence-corrected chi connectivity index (χ4v) is 4.51. The number of benzene rings is 5. The van der Waals surface area contributed by atoms with Crippen molar-refractivity contribution in [3.63, 3.8) is 0 Å². The van der Waals surface area contributed by atoms with Gasteiger partial charge in [-0.3, -0.25) is 0 Å². The SMILES string of the molecule is Cc1cc(-c2ccccc2)cc(-c2ccc(-c3ccc4oc5ccccc5c4c3)cc2)c1. The van der Waals surface area contributed by atoms with Crippen LogP contribution < -0.4 is 0 Å². The highest BCUT2D eigenvalue weighted by molar-refractivity contribution is 6.06. The standard InChI is InChI=1S/C31H22O/c1-21-17-26(22-7-3-2-4-8-22)19-27(18-21)24-13-11-23(12-14-24)25-15-16-31-29(20-25)28-9-5-6-10-30(28)32-31/h2-20H,1H3. The van der Waals surface area contributed by atoms with E-state index in [0.29, 0.717) is 0 Å². The maximum atomic E-state index is 5.98. The summed E-state index contributed by atoms with van der Waals surface area (Å²) in [5.74, 6) is 0. The van der Waals surface area contributed by atoms with E-state index in [9.17, 15) is 0 Å². The zero-order chi connectivity index (χ0) is 21.5. The zero-order valence-corrected chi connectivity index (χ0v) is 17.9. The van der Waals surface area contributed by atoms with Gasteiger partial charge in [0.05, 0.1) is 0 Å². The molecule has 0 unspecified atom stereocenters. The Morgan fingerprint density at radius 3 is 1.72 bits per heavy atom. The first kappa shape index (κ1) is 18.7. The topological polar surface area (TPSA) is 13.1 Å². The lowest BCUT2D eigenvalue weighted by atomic mass is 9.95. The molecule has 152 valence electrons. The van der Waals surface area contributed by atoms with Crippen molar-refractivity contribution in [3.8, 4) is 33.4 Å². The number of hydrogen-bond acceptors (Lipinski definition) is 1. The highest BCUT2D eigenvalue weighted by atomic mass is 16.3. The molecule has 1 aromatic heterocycles. The average molecular weight is 411 g/mol. The van der Waals surface area contributed by atoms with E-state index < -0.39 is 0 Å². The summed E-state index contributed by atoms with van der Waals surface area (Å²) < 4.78 is 5.98. The minimum absolute atomic E-state index is 0.930. The predicted molar refractivity (Wildman–Crippen MR) is 135 cm³/mol. The predicted octanol–water partition coefficient (Wildman–Crippen LogP) is 8.90. The molecule has 0 aliphatic rings. The van der Waals surface area contributed by atoms with Crippen LogP contribution in [0.1, 0.15) is 5.56 Å². The average Bonchev–Trinajstić information content (AvgIpc) is 3.22. The van der Waals surface area contributed by atoms with Gasteiger partial charge in [0.15, 0.2) is 0 Å². The van der Waals surface area contributed by atoms with Crippen LogP contribution in [0.3, 0.4) is 0 Å². The van der Waals surface area contributed by atoms with Crippen LogP contribution in [0.15, 0.2) is 120 Å². The summed E-state index contributed by atoms with van der Waals surface area (Å²) in [6, 6.07) is 40.9. The molecule has 32 heavy (non-hydrogen) atoms. The zero-order valence-electron chi connectivity index (χ0n) is 17.9. The van der Waals surface area contributed by atoms with Gasteiger partial charge < -0.3 is 4.42 Å². The van der Waals surface area contributed by atoms with Crippen molar-refractivity contribution < 1.29 is 4.42 Å².